The van der Waals surface area contributed by atoms with Gasteiger partial charge in [0.05, 0.1) is 24.6 Å². The summed E-state index contributed by atoms with van der Waals surface area (Å²) in [7, 11) is 1.85. The number of rotatable bonds is 6. The van der Waals surface area contributed by atoms with Gasteiger partial charge in [-0.05, 0) is 40.8 Å². The molecule has 0 fully saturated rings. The number of nitriles is 1. The quantitative estimate of drug-likeness (QED) is 0.625. The first-order chi connectivity index (χ1) is 6.91. The molecule has 4 heteroatoms. The van der Waals surface area contributed by atoms with Crippen LogP contribution in [-0.2, 0) is 9.53 Å². The number of carbonyl (C=O) groups excluding carboxylic acids is 1. The molecule has 0 bridgehead atoms. The Balaban J connectivity index is 3.81. The second-order valence-corrected chi connectivity index (χ2v) is 4.29. The van der Waals surface area contributed by atoms with Crippen LogP contribution >= 0.6 is 0 Å². The topological polar surface area (TPSA) is 53.3 Å². The van der Waals surface area contributed by atoms with E-state index in [0.717, 1.165) is 13.0 Å². The van der Waals surface area contributed by atoms with Crippen LogP contribution in [0.25, 0.3) is 0 Å². The van der Waals surface area contributed by atoms with E-state index in [9.17, 15) is 4.79 Å². The van der Waals surface area contributed by atoms with Crippen LogP contribution in [0.1, 0.15) is 27.2 Å². The number of likely N-dealkylation sites (N-methyl/N-ethyl adjacent to an activating group) is 1. The van der Waals surface area contributed by atoms with Crippen LogP contribution < -0.4 is 0 Å². The van der Waals surface area contributed by atoms with E-state index in [4.69, 9.17) is 10.00 Å². The van der Waals surface area contributed by atoms with Crippen LogP contribution in [0.2, 0.25) is 0 Å². The lowest BCUT2D eigenvalue weighted by Crippen LogP contribution is -2.30. The largest absolute Gasteiger partial charge is 0.465 e. The van der Waals surface area contributed by atoms with Crippen molar-refractivity contribution >= 4 is 5.97 Å². The van der Waals surface area contributed by atoms with Crippen molar-refractivity contribution in [1.82, 2.24) is 4.90 Å². The van der Waals surface area contributed by atoms with E-state index >= 15 is 0 Å². The predicted octanol–water partition coefficient (Wildman–Crippen LogP) is 1.42. The van der Waals surface area contributed by atoms with Crippen molar-refractivity contribution in [3.63, 3.8) is 0 Å². The van der Waals surface area contributed by atoms with Gasteiger partial charge in [0.25, 0.3) is 0 Å². The molecule has 0 aliphatic heterocycles. The van der Waals surface area contributed by atoms with Crippen LogP contribution in [0.5, 0.6) is 0 Å². The number of carbonyl (C=O) groups is 1. The zero-order valence-corrected chi connectivity index (χ0v) is 10.0. The average molecular weight is 212 g/mol. The predicted molar refractivity (Wildman–Crippen MR) is 58.1 cm³/mol. The maximum absolute atomic E-state index is 11.1. The Kier molecular flexibility index (Phi) is 5.95. The van der Waals surface area contributed by atoms with E-state index in [-0.39, 0.29) is 17.9 Å². The first-order valence-electron chi connectivity index (χ1n) is 5.16. The minimum Gasteiger partial charge on any atom is -0.465 e. The van der Waals surface area contributed by atoms with Crippen LogP contribution in [0.4, 0.5) is 0 Å². The van der Waals surface area contributed by atoms with Crippen LogP contribution in [0, 0.1) is 16.7 Å². The fourth-order valence-corrected chi connectivity index (χ4v) is 1.03. The molecule has 15 heavy (non-hydrogen) atoms. The third-order valence-electron chi connectivity index (χ3n) is 2.13. The molecular weight excluding hydrogens is 192 g/mol. The molecule has 0 heterocycles. The Morgan fingerprint density at radius 1 is 1.53 bits per heavy atom. The van der Waals surface area contributed by atoms with Crippen LogP contribution in [-0.4, -0.2) is 37.6 Å². The first-order valence-corrected chi connectivity index (χ1v) is 5.16. The second kappa shape index (κ2) is 6.41. The fraction of sp³-hybridized carbons (Fsp3) is 0.818. The van der Waals surface area contributed by atoms with Crippen LogP contribution in [0.3, 0.4) is 0 Å². The minimum atomic E-state index is -0.330. The summed E-state index contributed by atoms with van der Waals surface area (Å²) in [6, 6.07) is 2.23. The Morgan fingerprint density at radius 3 is 2.60 bits per heavy atom. The highest BCUT2D eigenvalue weighted by molar-refractivity contribution is 5.71. The minimum absolute atomic E-state index is 0.213. The van der Waals surface area contributed by atoms with Gasteiger partial charge in [0.15, 0.2) is 0 Å². The lowest BCUT2D eigenvalue weighted by molar-refractivity contribution is -0.144. The van der Waals surface area contributed by atoms with Crippen molar-refractivity contribution < 1.29 is 9.53 Å². The van der Waals surface area contributed by atoms with Crippen molar-refractivity contribution in [3.05, 3.63) is 0 Å². The van der Waals surface area contributed by atoms with E-state index in [2.05, 4.69) is 6.07 Å². The van der Waals surface area contributed by atoms with E-state index in [0.29, 0.717) is 6.61 Å². The molecule has 0 saturated heterocycles. The molecule has 0 atom stereocenters. The summed E-state index contributed by atoms with van der Waals surface area (Å²) in [5.74, 6) is -0.213. The average Bonchev–Trinajstić information content (AvgIpc) is 2.15. The van der Waals surface area contributed by atoms with Gasteiger partial charge in [-0.15, -0.1) is 0 Å². The third-order valence-corrected chi connectivity index (χ3v) is 2.13. The SMILES string of the molecule is CCOC(=O)CN(C)CCC(C)(C)C#N. The zero-order valence-electron chi connectivity index (χ0n) is 10.0. The summed E-state index contributed by atoms with van der Waals surface area (Å²) in [5.41, 5.74) is -0.330. The van der Waals surface area contributed by atoms with Crippen molar-refractivity contribution in [3.8, 4) is 6.07 Å². The normalized spacial score (nSPS) is 11.2. The Hall–Kier alpha value is -1.08. The van der Waals surface area contributed by atoms with E-state index in [1.54, 1.807) is 6.92 Å². The van der Waals surface area contributed by atoms with E-state index in [1.807, 2.05) is 25.8 Å². The molecule has 0 aliphatic carbocycles. The molecule has 0 aliphatic rings. The Morgan fingerprint density at radius 2 is 2.13 bits per heavy atom. The number of hydrogen-bond acceptors (Lipinski definition) is 4. The molecule has 0 rings (SSSR count). The molecule has 0 radical (unpaired) electrons. The summed E-state index contributed by atoms with van der Waals surface area (Å²) in [6.07, 6.45) is 0.749. The molecular formula is C11H20N2O2. The molecule has 0 aromatic carbocycles. The fourth-order valence-electron chi connectivity index (χ4n) is 1.03. The highest BCUT2D eigenvalue weighted by Gasteiger charge is 2.17. The zero-order chi connectivity index (χ0) is 11.9. The maximum Gasteiger partial charge on any atom is 0.320 e. The second-order valence-electron chi connectivity index (χ2n) is 4.29. The smallest absolute Gasteiger partial charge is 0.320 e. The van der Waals surface area contributed by atoms with Gasteiger partial charge in [0.2, 0.25) is 0 Å². The molecule has 0 unspecified atom stereocenters. The molecule has 0 saturated carbocycles. The monoisotopic (exact) mass is 212 g/mol. The Labute approximate surface area is 91.8 Å². The van der Waals surface area contributed by atoms with E-state index < -0.39 is 0 Å². The summed E-state index contributed by atoms with van der Waals surface area (Å²) >= 11 is 0. The highest BCUT2D eigenvalue weighted by atomic mass is 16.5. The lowest BCUT2D eigenvalue weighted by Gasteiger charge is -2.20. The van der Waals surface area contributed by atoms with Gasteiger partial charge in [-0.1, -0.05) is 0 Å². The molecule has 0 aromatic heterocycles. The van der Waals surface area contributed by atoms with Gasteiger partial charge in [-0.3, -0.25) is 9.69 Å². The number of ether oxygens (including phenoxy) is 1. The number of hydrogen-bond donors (Lipinski definition) is 0. The molecule has 86 valence electrons. The number of nitrogens with zero attached hydrogens (tertiary/aromatic N) is 2. The summed E-state index contributed by atoms with van der Waals surface area (Å²) in [4.78, 5) is 13.0. The van der Waals surface area contributed by atoms with Gasteiger partial charge in [0, 0.05) is 0 Å². The van der Waals surface area contributed by atoms with Gasteiger partial charge in [-0.2, -0.15) is 5.26 Å². The molecule has 0 amide bonds. The molecule has 0 spiro atoms. The van der Waals surface area contributed by atoms with Crippen LogP contribution in [0.15, 0.2) is 0 Å². The van der Waals surface area contributed by atoms with Gasteiger partial charge < -0.3 is 4.74 Å². The highest BCUT2D eigenvalue weighted by Crippen LogP contribution is 2.18. The van der Waals surface area contributed by atoms with Gasteiger partial charge in [0.1, 0.15) is 0 Å². The van der Waals surface area contributed by atoms with Crippen molar-refractivity contribution in [2.24, 2.45) is 5.41 Å². The summed E-state index contributed by atoms with van der Waals surface area (Å²) in [6.45, 7) is 7.00. The third kappa shape index (κ3) is 6.92. The lowest BCUT2D eigenvalue weighted by atomic mass is 9.91. The maximum atomic E-state index is 11.1. The number of esters is 1. The summed E-state index contributed by atoms with van der Waals surface area (Å²) < 4.78 is 4.83. The first kappa shape index (κ1) is 13.9. The van der Waals surface area contributed by atoms with Gasteiger partial charge >= 0.3 is 5.97 Å². The molecule has 0 aromatic rings. The van der Waals surface area contributed by atoms with E-state index in [1.165, 1.54) is 0 Å². The molecule has 4 nitrogen and oxygen atoms in total. The Bertz CT molecular complexity index is 243. The van der Waals surface area contributed by atoms with Gasteiger partial charge in [-0.25, -0.2) is 0 Å². The molecule has 0 N–H and O–H groups in total. The summed E-state index contributed by atoms with van der Waals surface area (Å²) in [5, 5.41) is 8.81. The van der Waals surface area contributed by atoms with Crippen molar-refractivity contribution in [2.45, 2.75) is 27.2 Å². The van der Waals surface area contributed by atoms with Crippen molar-refractivity contribution in [2.75, 3.05) is 26.7 Å². The standard InChI is InChI=1S/C11H20N2O2/c1-5-15-10(14)8-13(4)7-6-11(2,3)9-12/h5-8H2,1-4H3. The van der Waals surface area contributed by atoms with Crippen molar-refractivity contribution in [1.29, 1.82) is 5.26 Å².